The number of ether oxygens (including phenoxy) is 1. The van der Waals surface area contributed by atoms with Gasteiger partial charge in [0, 0.05) is 49.9 Å². The Balaban J connectivity index is 1.51. The third-order valence-electron chi connectivity index (χ3n) is 5.20. The summed E-state index contributed by atoms with van der Waals surface area (Å²) in [6.07, 6.45) is 6.51. The third kappa shape index (κ3) is 4.51. The van der Waals surface area contributed by atoms with E-state index >= 15 is 0 Å². The van der Waals surface area contributed by atoms with E-state index in [-0.39, 0.29) is 37.5 Å². The lowest BCUT2D eigenvalue weighted by Gasteiger charge is -2.32. The number of rotatable bonds is 4. The first kappa shape index (κ1) is 18.2. The molecule has 1 aliphatic carbocycles. The second-order valence-electron chi connectivity index (χ2n) is 7.30. The van der Waals surface area contributed by atoms with E-state index in [4.69, 9.17) is 4.74 Å². The number of hydrogen-bond acceptors (Lipinski definition) is 4. The maximum absolute atomic E-state index is 13.2. The van der Waals surface area contributed by atoms with E-state index in [1.165, 1.54) is 0 Å². The summed E-state index contributed by atoms with van der Waals surface area (Å²) in [6.45, 7) is 3.03. The van der Waals surface area contributed by atoms with Gasteiger partial charge in [0.05, 0.1) is 0 Å². The van der Waals surface area contributed by atoms with Crippen LogP contribution in [0.15, 0.2) is 12.4 Å². The Kier molecular flexibility index (Phi) is 5.32. The number of carbonyl (C=O) groups excluding carboxylic acids is 1. The van der Waals surface area contributed by atoms with Crippen LogP contribution in [0.1, 0.15) is 63.3 Å². The minimum Gasteiger partial charge on any atom is -0.367 e. The molecule has 0 bridgehead atoms. The molecule has 3 rings (SSSR count). The van der Waals surface area contributed by atoms with Crippen molar-refractivity contribution in [3.8, 4) is 0 Å². The van der Waals surface area contributed by atoms with Crippen molar-refractivity contribution in [3.05, 3.63) is 23.8 Å². The molecule has 1 aliphatic heterocycles. The zero-order chi connectivity index (χ0) is 17.9. The van der Waals surface area contributed by atoms with Gasteiger partial charge in [-0.3, -0.25) is 4.79 Å². The minimum absolute atomic E-state index is 0.165. The van der Waals surface area contributed by atoms with Gasteiger partial charge in [0.1, 0.15) is 5.60 Å². The molecule has 1 atom stereocenters. The highest BCUT2D eigenvalue weighted by Gasteiger charge is 2.37. The molecular formula is C18H25F2N3O2. The summed E-state index contributed by atoms with van der Waals surface area (Å²) in [5, 5.41) is 2.81. The SMILES string of the molecule is C[C@]1(c2ncc(CNC(=O)C3CCC(F)(F)CC3)cn2)CCCCO1. The van der Waals surface area contributed by atoms with Crippen molar-refractivity contribution in [2.75, 3.05) is 6.61 Å². The van der Waals surface area contributed by atoms with E-state index < -0.39 is 11.5 Å². The van der Waals surface area contributed by atoms with E-state index in [9.17, 15) is 13.6 Å². The van der Waals surface area contributed by atoms with Gasteiger partial charge in [-0.15, -0.1) is 0 Å². The highest BCUT2D eigenvalue weighted by atomic mass is 19.3. The predicted molar refractivity (Wildman–Crippen MR) is 87.9 cm³/mol. The molecule has 2 aliphatic rings. The van der Waals surface area contributed by atoms with Crippen molar-refractivity contribution < 1.29 is 18.3 Å². The lowest BCUT2D eigenvalue weighted by molar-refractivity contribution is -0.129. The summed E-state index contributed by atoms with van der Waals surface area (Å²) in [5.74, 6) is -2.44. The maximum atomic E-state index is 13.2. The van der Waals surface area contributed by atoms with Crippen molar-refractivity contribution in [1.29, 1.82) is 0 Å². The lowest BCUT2D eigenvalue weighted by Crippen LogP contribution is -2.35. The smallest absolute Gasteiger partial charge is 0.248 e. The molecule has 5 nitrogen and oxygen atoms in total. The van der Waals surface area contributed by atoms with E-state index in [2.05, 4.69) is 15.3 Å². The van der Waals surface area contributed by atoms with E-state index in [0.29, 0.717) is 12.4 Å². The molecule has 7 heteroatoms. The van der Waals surface area contributed by atoms with E-state index in [1.807, 2.05) is 6.92 Å². The molecule has 1 aromatic rings. The van der Waals surface area contributed by atoms with Crippen molar-refractivity contribution in [1.82, 2.24) is 15.3 Å². The Bertz CT molecular complexity index is 591. The highest BCUT2D eigenvalue weighted by Crippen LogP contribution is 2.36. The van der Waals surface area contributed by atoms with Gasteiger partial charge < -0.3 is 10.1 Å². The standard InChI is InChI=1S/C18H25F2N3O2/c1-17(6-2-3-9-25-17)16-22-11-13(12-23-16)10-21-15(24)14-4-7-18(19,20)8-5-14/h11-12,14H,2-10H2,1H3,(H,21,24)/t17-/m1/s1. The van der Waals surface area contributed by atoms with Gasteiger partial charge in [-0.1, -0.05) is 0 Å². The molecule has 0 radical (unpaired) electrons. The van der Waals surface area contributed by atoms with Crippen LogP contribution in [-0.4, -0.2) is 28.4 Å². The van der Waals surface area contributed by atoms with Crippen molar-refractivity contribution in [2.24, 2.45) is 5.92 Å². The minimum atomic E-state index is -2.61. The summed E-state index contributed by atoms with van der Waals surface area (Å²) in [7, 11) is 0. The Morgan fingerprint density at radius 1 is 1.24 bits per heavy atom. The number of halogens is 2. The number of amides is 1. The molecule has 2 fully saturated rings. The lowest BCUT2D eigenvalue weighted by atomic mass is 9.86. The number of aromatic nitrogens is 2. The van der Waals surface area contributed by atoms with Crippen LogP contribution in [0.3, 0.4) is 0 Å². The molecule has 1 amide bonds. The normalized spacial score (nSPS) is 27.0. The quantitative estimate of drug-likeness (QED) is 0.902. The van der Waals surface area contributed by atoms with Gasteiger partial charge in [0.15, 0.2) is 5.82 Å². The molecule has 0 unspecified atom stereocenters. The monoisotopic (exact) mass is 353 g/mol. The highest BCUT2D eigenvalue weighted by molar-refractivity contribution is 5.78. The summed E-state index contributed by atoms with van der Waals surface area (Å²) in [5.41, 5.74) is 0.352. The van der Waals surface area contributed by atoms with Crippen LogP contribution < -0.4 is 5.32 Å². The first-order chi connectivity index (χ1) is 11.9. The van der Waals surface area contributed by atoms with Gasteiger partial charge in [-0.25, -0.2) is 18.7 Å². The average molecular weight is 353 g/mol. The van der Waals surface area contributed by atoms with Crippen LogP contribution in [0.5, 0.6) is 0 Å². The molecule has 138 valence electrons. The van der Waals surface area contributed by atoms with Crippen LogP contribution in [-0.2, 0) is 21.7 Å². The van der Waals surface area contributed by atoms with E-state index in [0.717, 1.165) is 31.4 Å². The third-order valence-corrected chi connectivity index (χ3v) is 5.20. The van der Waals surface area contributed by atoms with Gasteiger partial charge in [0.25, 0.3) is 0 Å². The fourth-order valence-corrected chi connectivity index (χ4v) is 3.47. The molecule has 1 aromatic heterocycles. The zero-order valence-electron chi connectivity index (χ0n) is 14.6. The zero-order valence-corrected chi connectivity index (χ0v) is 14.6. The Hall–Kier alpha value is -1.63. The fraction of sp³-hybridized carbons (Fsp3) is 0.722. The summed E-state index contributed by atoms with van der Waals surface area (Å²) >= 11 is 0. The summed E-state index contributed by atoms with van der Waals surface area (Å²) < 4.78 is 32.1. The van der Waals surface area contributed by atoms with Gasteiger partial charge >= 0.3 is 0 Å². The Morgan fingerprint density at radius 3 is 2.52 bits per heavy atom. The van der Waals surface area contributed by atoms with Crippen LogP contribution in [0.25, 0.3) is 0 Å². The second-order valence-corrected chi connectivity index (χ2v) is 7.30. The molecule has 2 heterocycles. The Labute approximate surface area is 146 Å². The topological polar surface area (TPSA) is 64.1 Å². The van der Waals surface area contributed by atoms with Crippen LogP contribution in [0.4, 0.5) is 8.78 Å². The molecular weight excluding hydrogens is 328 g/mol. The predicted octanol–water partition coefficient (Wildman–Crippen LogP) is 3.33. The molecule has 1 saturated carbocycles. The van der Waals surface area contributed by atoms with Gasteiger partial charge in [-0.05, 0) is 39.0 Å². The number of carbonyl (C=O) groups is 1. The van der Waals surface area contributed by atoms with Crippen LogP contribution in [0, 0.1) is 5.92 Å². The Morgan fingerprint density at radius 2 is 1.92 bits per heavy atom. The summed E-state index contributed by atoms with van der Waals surface area (Å²) in [6, 6.07) is 0. The number of nitrogens with zero attached hydrogens (tertiary/aromatic N) is 2. The molecule has 1 N–H and O–H groups in total. The van der Waals surface area contributed by atoms with Crippen LogP contribution >= 0.6 is 0 Å². The van der Waals surface area contributed by atoms with Crippen LogP contribution in [0.2, 0.25) is 0 Å². The van der Waals surface area contributed by atoms with Crippen molar-refractivity contribution in [2.45, 2.75) is 69.9 Å². The second kappa shape index (κ2) is 7.32. The first-order valence-electron chi connectivity index (χ1n) is 8.99. The molecule has 1 saturated heterocycles. The number of alkyl halides is 2. The average Bonchev–Trinajstić information content (AvgIpc) is 2.61. The van der Waals surface area contributed by atoms with Gasteiger partial charge in [0.2, 0.25) is 11.8 Å². The number of nitrogens with one attached hydrogen (secondary N) is 1. The fourth-order valence-electron chi connectivity index (χ4n) is 3.47. The van der Waals surface area contributed by atoms with Gasteiger partial charge in [-0.2, -0.15) is 0 Å². The molecule has 0 spiro atoms. The van der Waals surface area contributed by atoms with Crippen molar-refractivity contribution in [3.63, 3.8) is 0 Å². The maximum Gasteiger partial charge on any atom is 0.248 e. The molecule has 0 aromatic carbocycles. The molecule has 25 heavy (non-hydrogen) atoms. The first-order valence-corrected chi connectivity index (χ1v) is 8.99. The number of hydrogen-bond donors (Lipinski definition) is 1. The summed E-state index contributed by atoms with van der Waals surface area (Å²) in [4.78, 5) is 20.9. The van der Waals surface area contributed by atoms with Crippen molar-refractivity contribution >= 4 is 5.91 Å². The largest absolute Gasteiger partial charge is 0.367 e. The van der Waals surface area contributed by atoms with E-state index in [1.54, 1.807) is 12.4 Å².